The van der Waals surface area contributed by atoms with Crippen LogP contribution in [-0.4, -0.2) is 12.6 Å². The molecular formula is C9H13FO2. The van der Waals surface area contributed by atoms with Gasteiger partial charge in [0.15, 0.2) is 0 Å². The number of esters is 1. The fraction of sp³-hybridized carbons (Fsp3) is 0.667. The van der Waals surface area contributed by atoms with E-state index in [1.807, 2.05) is 0 Å². The Kier molecular flexibility index (Phi) is 3.26. The standard InChI is InChI=1S/C9H13FO2/c1-7-5-3-2-4-6-12-9(11)8(7)10/h2-6H2,1H3/b8-7+. The smallest absolute Gasteiger partial charge is 0.367 e. The van der Waals surface area contributed by atoms with E-state index in [9.17, 15) is 9.18 Å². The molecule has 1 heterocycles. The molecule has 0 unspecified atom stereocenters. The molecule has 1 aliphatic rings. The molecule has 0 bridgehead atoms. The molecule has 1 rings (SSSR count). The molecule has 0 amide bonds. The molecule has 2 nitrogen and oxygen atoms in total. The van der Waals surface area contributed by atoms with Gasteiger partial charge in [0, 0.05) is 0 Å². The summed E-state index contributed by atoms with van der Waals surface area (Å²) in [7, 11) is 0. The van der Waals surface area contributed by atoms with Crippen molar-refractivity contribution in [2.45, 2.75) is 32.6 Å². The van der Waals surface area contributed by atoms with Crippen molar-refractivity contribution < 1.29 is 13.9 Å². The van der Waals surface area contributed by atoms with E-state index in [2.05, 4.69) is 4.74 Å². The Morgan fingerprint density at radius 3 is 2.83 bits per heavy atom. The van der Waals surface area contributed by atoms with Crippen LogP contribution < -0.4 is 0 Å². The third kappa shape index (κ3) is 2.32. The van der Waals surface area contributed by atoms with Gasteiger partial charge in [-0.3, -0.25) is 0 Å². The molecule has 0 aromatic carbocycles. The van der Waals surface area contributed by atoms with Crippen LogP contribution in [0.3, 0.4) is 0 Å². The predicted octanol–water partition coefficient (Wildman–Crippen LogP) is 2.35. The van der Waals surface area contributed by atoms with Gasteiger partial charge in [0.25, 0.3) is 0 Å². The fourth-order valence-corrected chi connectivity index (χ4v) is 1.18. The molecule has 0 spiro atoms. The summed E-state index contributed by atoms with van der Waals surface area (Å²) >= 11 is 0. The minimum Gasteiger partial charge on any atom is -0.460 e. The van der Waals surface area contributed by atoms with E-state index in [0.717, 1.165) is 19.3 Å². The predicted molar refractivity (Wildman–Crippen MR) is 43.2 cm³/mol. The van der Waals surface area contributed by atoms with Gasteiger partial charge in [0.2, 0.25) is 5.83 Å². The van der Waals surface area contributed by atoms with Crippen LogP contribution in [0.4, 0.5) is 4.39 Å². The summed E-state index contributed by atoms with van der Waals surface area (Å²) < 4.78 is 17.7. The Morgan fingerprint density at radius 2 is 2.08 bits per heavy atom. The number of hydrogen-bond acceptors (Lipinski definition) is 2. The lowest BCUT2D eigenvalue weighted by Crippen LogP contribution is -2.06. The first-order chi connectivity index (χ1) is 5.72. The van der Waals surface area contributed by atoms with Crippen LogP contribution in [0.1, 0.15) is 32.6 Å². The number of hydrogen-bond donors (Lipinski definition) is 0. The van der Waals surface area contributed by atoms with Crippen LogP contribution in [0.15, 0.2) is 11.4 Å². The van der Waals surface area contributed by atoms with Crippen molar-refractivity contribution in [2.75, 3.05) is 6.61 Å². The second-order valence-electron chi connectivity index (χ2n) is 3.04. The van der Waals surface area contributed by atoms with E-state index in [1.165, 1.54) is 0 Å². The molecular weight excluding hydrogens is 159 g/mol. The van der Waals surface area contributed by atoms with Gasteiger partial charge < -0.3 is 4.74 Å². The summed E-state index contributed by atoms with van der Waals surface area (Å²) in [6, 6.07) is 0. The maximum Gasteiger partial charge on any atom is 0.367 e. The van der Waals surface area contributed by atoms with Crippen molar-refractivity contribution in [3.05, 3.63) is 11.4 Å². The average Bonchev–Trinajstić information content (AvgIpc) is 2.12. The molecule has 0 aliphatic carbocycles. The first-order valence-corrected chi connectivity index (χ1v) is 4.24. The summed E-state index contributed by atoms with van der Waals surface area (Å²) in [5.74, 6) is -1.49. The molecule has 0 radical (unpaired) electrons. The van der Waals surface area contributed by atoms with Gasteiger partial charge in [-0.15, -0.1) is 0 Å². The highest BCUT2D eigenvalue weighted by molar-refractivity contribution is 5.86. The molecule has 0 fully saturated rings. The molecule has 0 saturated carbocycles. The topological polar surface area (TPSA) is 26.3 Å². The Bertz CT molecular complexity index is 209. The number of rotatable bonds is 0. The van der Waals surface area contributed by atoms with Crippen LogP contribution >= 0.6 is 0 Å². The third-order valence-corrected chi connectivity index (χ3v) is 1.98. The van der Waals surface area contributed by atoms with Crippen molar-refractivity contribution in [1.29, 1.82) is 0 Å². The van der Waals surface area contributed by atoms with Crippen LogP contribution in [0.5, 0.6) is 0 Å². The van der Waals surface area contributed by atoms with Crippen LogP contribution in [0.25, 0.3) is 0 Å². The summed E-state index contributed by atoms with van der Waals surface area (Å²) in [5.41, 5.74) is 0.516. The summed E-state index contributed by atoms with van der Waals surface area (Å²) in [4.78, 5) is 10.9. The maximum atomic E-state index is 13.0. The highest BCUT2D eigenvalue weighted by Gasteiger charge is 2.14. The van der Waals surface area contributed by atoms with Gasteiger partial charge in [0.05, 0.1) is 6.61 Å². The molecule has 0 saturated heterocycles. The highest BCUT2D eigenvalue weighted by atomic mass is 19.1. The Labute approximate surface area is 71.4 Å². The number of carbonyl (C=O) groups excluding carboxylic acids is 1. The van der Waals surface area contributed by atoms with Gasteiger partial charge in [-0.1, -0.05) is 0 Å². The third-order valence-electron chi connectivity index (χ3n) is 1.98. The first kappa shape index (κ1) is 9.23. The second-order valence-corrected chi connectivity index (χ2v) is 3.04. The maximum absolute atomic E-state index is 13.0. The molecule has 68 valence electrons. The van der Waals surface area contributed by atoms with E-state index in [1.54, 1.807) is 6.92 Å². The molecule has 0 atom stereocenters. The summed E-state index contributed by atoms with van der Waals surface area (Å²) in [6.45, 7) is 1.99. The Morgan fingerprint density at radius 1 is 1.33 bits per heavy atom. The van der Waals surface area contributed by atoms with Gasteiger partial charge in [-0.2, -0.15) is 4.39 Å². The van der Waals surface area contributed by atoms with Crippen LogP contribution in [0.2, 0.25) is 0 Å². The van der Waals surface area contributed by atoms with Crippen LogP contribution in [0, 0.1) is 0 Å². The molecule has 1 aliphatic heterocycles. The number of ether oxygens (including phenoxy) is 1. The van der Waals surface area contributed by atoms with Crippen molar-refractivity contribution in [2.24, 2.45) is 0 Å². The van der Waals surface area contributed by atoms with Crippen LogP contribution in [-0.2, 0) is 9.53 Å². The lowest BCUT2D eigenvalue weighted by Gasteiger charge is -2.00. The summed E-state index contributed by atoms with van der Waals surface area (Å²) in [5, 5.41) is 0. The van der Waals surface area contributed by atoms with Crippen molar-refractivity contribution in [3.8, 4) is 0 Å². The van der Waals surface area contributed by atoms with Gasteiger partial charge in [-0.05, 0) is 38.2 Å². The van der Waals surface area contributed by atoms with E-state index < -0.39 is 11.8 Å². The van der Waals surface area contributed by atoms with Crippen molar-refractivity contribution in [3.63, 3.8) is 0 Å². The Hall–Kier alpha value is -0.860. The minimum atomic E-state index is -0.797. The first-order valence-electron chi connectivity index (χ1n) is 4.24. The van der Waals surface area contributed by atoms with Gasteiger partial charge in [0.1, 0.15) is 0 Å². The largest absolute Gasteiger partial charge is 0.460 e. The zero-order chi connectivity index (χ0) is 8.97. The van der Waals surface area contributed by atoms with E-state index in [-0.39, 0.29) is 0 Å². The fourth-order valence-electron chi connectivity index (χ4n) is 1.18. The molecule has 0 N–H and O–H groups in total. The minimum absolute atomic E-state index is 0.347. The second kappa shape index (κ2) is 4.24. The SMILES string of the molecule is C/C1=C(\F)C(=O)OCCCCC1. The highest BCUT2D eigenvalue weighted by Crippen LogP contribution is 2.17. The molecule has 12 heavy (non-hydrogen) atoms. The number of carbonyl (C=O) groups is 1. The lowest BCUT2D eigenvalue weighted by molar-refractivity contribution is -0.140. The Balaban J connectivity index is 2.69. The summed E-state index contributed by atoms with van der Waals surface area (Å²) in [6.07, 6.45) is 3.45. The number of allylic oxidation sites excluding steroid dienone is 1. The van der Waals surface area contributed by atoms with E-state index in [0.29, 0.717) is 18.6 Å². The van der Waals surface area contributed by atoms with E-state index >= 15 is 0 Å². The van der Waals surface area contributed by atoms with E-state index in [4.69, 9.17) is 0 Å². The van der Waals surface area contributed by atoms with Crippen molar-refractivity contribution >= 4 is 5.97 Å². The monoisotopic (exact) mass is 172 g/mol. The molecule has 3 heteroatoms. The molecule has 0 aromatic heterocycles. The average molecular weight is 172 g/mol. The quantitative estimate of drug-likeness (QED) is 0.524. The molecule has 0 aromatic rings. The lowest BCUT2D eigenvalue weighted by atomic mass is 10.1. The van der Waals surface area contributed by atoms with Gasteiger partial charge in [-0.25, -0.2) is 4.79 Å². The number of halogens is 1. The zero-order valence-electron chi connectivity index (χ0n) is 7.23. The van der Waals surface area contributed by atoms with Crippen molar-refractivity contribution in [1.82, 2.24) is 0 Å². The van der Waals surface area contributed by atoms with Gasteiger partial charge >= 0.3 is 5.97 Å². The normalized spacial score (nSPS) is 27.0. The zero-order valence-corrected chi connectivity index (χ0v) is 7.23. The number of cyclic esters (lactones) is 1.